The Balaban J connectivity index is 0.000000921. The van der Waals surface area contributed by atoms with Crippen LogP contribution in [-0.2, 0) is 0 Å². The number of nitrogens with zero attached hydrogens (tertiary/aromatic N) is 2. The number of carbonyl (C=O) groups is 1. The summed E-state index contributed by atoms with van der Waals surface area (Å²) in [5, 5.41) is 2.47. The van der Waals surface area contributed by atoms with Crippen molar-refractivity contribution in [2.24, 2.45) is 0 Å². The van der Waals surface area contributed by atoms with Gasteiger partial charge < -0.3 is 10.1 Å². The molecule has 1 aromatic rings. The smallest absolute Gasteiger partial charge is 0.316 e. The van der Waals surface area contributed by atoms with Crippen molar-refractivity contribution >= 4 is 5.91 Å². The van der Waals surface area contributed by atoms with E-state index < -0.39 is 0 Å². The van der Waals surface area contributed by atoms with Crippen molar-refractivity contribution in [1.29, 1.82) is 0 Å². The molecule has 0 saturated carbocycles. The fourth-order valence-corrected chi connectivity index (χ4v) is 0.781. The number of rotatable bonds is 3. The molecule has 0 aromatic carbocycles. The van der Waals surface area contributed by atoms with Crippen molar-refractivity contribution in [3.05, 3.63) is 18.0 Å². The van der Waals surface area contributed by atoms with Crippen molar-refractivity contribution in [3.63, 3.8) is 0 Å². The number of hydrogen-bond acceptors (Lipinski definition) is 4. The van der Waals surface area contributed by atoms with E-state index in [0.29, 0.717) is 12.2 Å². The molecule has 1 aromatic heterocycles. The Kier molecular flexibility index (Phi) is 6.88. The van der Waals surface area contributed by atoms with E-state index in [0.717, 1.165) is 0 Å². The third-order valence-electron chi connectivity index (χ3n) is 1.39. The van der Waals surface area contributed by atoms with Crippen molar-refractivity contribution < 1.29 is 9.53 Å². The Bertz CT molecular complexity index is 285. The second-order valence-electron chi connectivity index (χ2n) is 2.27. The molecule has 15 heavy (non-hydrogen) atoms. The monoisotopic (exact) mass is 211 g/mol. The van der Waals surface area contributed by atoms with Gasteiger partial charge in [-0.1, -0.05) is 13.8 Å². The maximum atomic E-state index is 11.1. The predicted molar refractivity (Wildman–Crippen MR) is 57.9 cm³/mol. The number of ether oxygens (including phenoxy) is 1. The van der Waals surface area contributed by atoms with E-state index in [9.17, 15) is 4.79 Å². The van der Waals surface area contributed by atoms with Gasteiger partial charge in [-0.25, -0.2) is 9.97 Å². The Morgan fingerprint density at radius 3 is 2.33 bits per heavy atom. The summed E-state index contributed by atoms with van der Waals surface area (Å²) in [6.07, 6.45) is 2.85. The van der Waals surface area contributed by atoms with Crippen LogP contribution in [0.5, 0.6) is 6.01 Å². The van der Waals surface area contributed by atoms with Gasteiger partial charge in [-0.2, -0.15) is 0 Å². The fourth-order valence-electron chi connectivity index (χ4n) is 0.781. The van der Waals surface area contributed by atoms with Gasteiger partial charge in [-0.05, 0) is 6.92 Å². The van der Waals surface area contributed by atoms with Crippen LogP contribution in [0.4, 0.5) is 0 Å². The molecule has 0 atom stereocenters. The molecule has 84 valence electrons. The summed E-state index contributed by atoms with van der Waals surface area (Å²) >= 11 is 0. The summed E-state index contributed by atoms with van der Waals surface area (Å²) in [4.78, 5) is 18.7. The number of carbonyl (C=O) groups excluding carboxylic acids is 1. The zero-order valence-electron chi connectivity index (χ0n) is 9.57. The third-order valence-corrected chi connectivity index (χ3v) is 1.39. The maximum absolute atomic E-state index is 11.1. The Morgan fingerprint density at radius 2 is 1.93 bits per heavy atom. The van der Waals surface area contributed by atoms with Gasteiger partial charge in [-0.15, -0.1) is 0 Å². The molecule has 0 aliphatic rings. The van der Waals surface area contributed by atoms with Gasteiger partial charge >= 0.3 is 6.01 Å². The van der Waals surface area contributed by atoms with Crippen molar-refractivity contribution in [2.75, 3.05) is 13.7 Å². The number of nitrogens with one attached hydrogen (secondary N) is 1. The lowest BCUT2D eigenvalue weighted by atomic mass is 10.3. The highest BCUT2D eigenvalue weighted by molar-refractivity contribution is 5.93. The normalized spacial score (nSPS) is 8.53. The van der Waals surface area contributed by atoms with Gasteiger partial charge in [0.2, 0.25) is 0 Å². The molecular formula is C10H17N3O2. The average molecular weight is 211 g/mol. The standard InChI is InChI=1S/C8H11N3O2.C2H6/c1-3-13-8-10-4-6(5-11-8)7(12)9-2;1-2/h4-5H,3H2,1-2H3,(H,9,12);1-2H3. The number of aromatic nitrogens is 2. The quantitative estimate of drug-likeness (QED) is 0.817. The summed E-state index contributed by atoms with van der Waals surface area (Å²) in [5.74, 6) is -0.206. The molecule has 1 amide bonds. The van der Waals surface area contributed by atoms with E-state index >= 15 is 0 Å². The van der Waals surface area contributed by atoms with Crippen LogP contribution in [0.25, 0.3) is 0 Å². The lowest BCUT2D eigenvalue weighted by Gasteiger charge is -2.01. The summed E-state index contributed by atoms with van der Waals surface area (Å²) in [6.45, 7) is 6.36. The van der Waals surface area contributed by atoms with Crippen LogP contribution in [0.3, 0.4) is 0 Å². The first-order valence-electron chi connectivity index (χ1n) is 4.94. The lowest BCUT2D eigenvalue weighted by Crippen LogP contribution is -2.18. The first kappa shape index (κ1) is 13.4. The zero-order chi connectivity index (χ0) is 11.7. The predicted octanol–water partition coefficient (Wildman–Crippen LogP) is 1.26. The lowest BCUT2D eigenvalue weighted by molar-refractivity contribution is 0.0962. The van der Waals surface area contributed by atoms with Crippen LogP contribution in [0.1, 0.15) is 31.1 Å². The van der Waals surface area contributed by atoms with Crippen molar-refractivity contribution in [1.82, 2.24) is 15.3 Å². The Labute approximate surface area is 89.9 Å². The molecule has 1 N–H and O–H groups in total. The first-order valence-corrected chi connectivity index (χ1v) is 4.94. The van der Waals surface area contributed by atoms with E-state index in [1.165, 1.54) is 12.4 Å². The minimum Gasteiger partial charge on any atom is -0.464 e. The highest BCUT2D eigenvalue weighted by Gasteiger charge is 2.04. The molecule has 0 spiro atoms. The largest absolute Gasteiger partial charge is 0.464 e. The summed E-state index contributed by atoms with van der Waals surface area (Å²) in [6, 6.07) is 0.287. The van der Waals surface area contributed by atoms with Crippen LogP contribution in [0.2, 0.25) is 0 Å². The maximum Gasteiger partial charge on any atom is 0.316 e. The van der Waals surface area contributed by atoms with E-state index in [1.54, 1.807) is 7.05 Å². The van der Waals surface area contributed by atoms with E-state index in [-0.39, 0.29) is 11.9 Å². The topological polar surface area (TPSA) is 64.1 Å². The third kappa shape index (κ3) is 4.39. The molecule has 0 saturated heterocycles. The fraction of sp³-hybridized carbons (Fsp3) is 0.500. The Morgan fingerprint density at radius 1 is 1.40 bits per heavy atom. The summed E-state index contributed by atoms with van der Waals surface area (Å²) in [5.41, 5.74) is 0.422. The van der Waals surface area contributed by atoms with Crippen molar-refractivity contribution in [2.45, 2.75) is 20.8 Å². The molecular weight excluding hydrogens is 194 g/mol. The minimum absolute atomic E-state index is 0.206. The van der Waals surface area contributed by atoms with Crippen LogP contribution in [-0.4, -0.2) is 29.5 Å². The van der Waals surface area contributed by atoms with Gasteiger partial charge in [0.1, 0.15) is 0 Å². The second kappa shape index (κ2) is 7.73. The molecule has 5 nitrogen and oxygen atoms in total. The van der Waals surface area contributed by atoms with Gasteiger partial charge in [0.25, 0.3) is 5.91 Å². The second-order valence-corrected chi connectivity index (χ2v) is 2.27. The number of hydrogen-bond donors (Lipinski definition) is 1. The van der Waals surface area contributed by atoms with Gasteiger partial charge in [-0.3, -0.25) is 4.79 Å². The zero-order valence-corrected chi connectivity index (χ0v) is 9.57. The van der Waals surface area contributed by atoms with Gasteiger partial charge in [0, 0.05) is 19.4 Å². The van der Waals surface area contributed by atoms with Crippen LogP contribution < -0.4 is 10.1 Å². The van der Waals surface area contributed by atoms with Crippen LogP contribution in [0, 0.1) is 0 Å². The summed E-state index contributed by atoms with van der Waals surface area (Å²) < 4.78 is 5.02. The van der Waals surface area contributed by atoms with Crippen molar-refractivity contribution in [3.8, 4) is 6.01 Å². The molecule has 5 heteroatoms. The molecule has 0 radical (unpaired) electrons. The molecule has 1 heterocycles. The molecule has 0 aliphatic carbocycles. The number of amides is 1. The Hall–Kier alpha value is -1.65. The molecule has 0 bridgehead atoms. The van der Waals surface area contributed by atoms with E-state index in [1.807, 2.05) is 20.8 Å². The SMILES string of the molecule is CC.CCOc1ncc(C(=O)NC)cn1. The summed E-state index contributed by atoms with van der Waals surface area (Å²) in [7, 11) is 1.55. The molecule has 0 fully saturated rings. The van der Waals surface area contributed by atoms with E-state index in [4.69, 9.17) is 4.74 Å². The highest BCUT2D eigenvalue weighted by atomic mass is 16.5. The molecule has 0 unspecified atom stereocenters. The first-order chi connectivity index (χ1) is 7.27. The highest BCUT2D eigenvalue weighted by Crippen LogP contribution is 2.01. The van der Waals surface area contributed by atoms with Gasteiger partial charge in [0.05, 0.1) is 12.2 Å². The van der Waals surface area contributed by atoms with Gasteiger partial charge in [0.15, 0.2) is 0 Å². The van der Waals surface area contributed by atoms with E-state index in [2.05, 4.69) is 15.3 Å². The molecule has 1 rings (SSSR count). The van der Waals surface area contributed by atoms with Crippen LogP contribution in [0.15, 0.2) is 12.4 Å². The minimum atomic E-state index is -0.206. The molecule has 0 aliphatic heterocycles. The average Bonchev–Trinajstić information content (AvgIpc) is 2.32. The van der Waals surface area contributed by atoms with Crippen LogP contribution >= 0.6 is 0 Å².